The van der Waals surface area contributed by atoms with Crippen molar-refractivity contribution in [2.45, 2.75) is 79.2 Å². The molecule has 0 bridgehead atoms. The number of rotatable bonds is 10. The minimum absolute atomic E-state index is 0.00931. The van der Waals surface area contributed by atoms with Gasteiger partial charge in [0.05, 0.1) is 5.92 Å². The van der Waals surface area contributed by atoms with Crippen molar-refractivity contribution in [2.24, 2.45) is 23.7 Å². The van der Waals surface area contributed by atoms with Gasteiger partial charge in [-0.25, -0.2) is 0 Å². The third kappa shape index (κ3) is 4.81. The van der Waals surface area contributed by atoms with E-state index in [9.17, 15) is 24.6 Å². The molecule has 0 aromatic rings. The Balaban J connectivity index is 3.27. The molecule has 0 saturated heterocycles. The van der Waals surface area contributed by atoms with Crippen LogP contribution in [0, 0.1) is 23.7 Å². The van der Waals surface area contributed by atoms with Crippen molar-refractivity contribution in [1.82, 2.24) is 0 Å². The van der Waals surface area contributed by atoms with Gasteiger partial charge >= 0.3 is 0 Å². The van der Waals surface area contributed by atoms with Crippen molar-refractivity contribution >= 4 is 17.3 Å². The molecule has 0 heterocycles. The van der Waals surface area contributed by atoms with Crippen molar-refractivity contribution in [3.8, 4) is 0 Å². The van der Waals surface area contributed by atoms with Crippen molar-refractivity contribution < 1.29 is 24.6 Å². The van der Waals surface area contributed by atoms with Gasteiger partial charge in [-0.15, -0.1) is 0 Å². The van der Waals surface area contributed by atoms with Crippen LogP contribution in [0.15, 0.2) is 11.3 Å². The lowest BCUT2D eigenvalue weighted by Gasteiger charge is -2.28. The van der Waals surface area contributed by atoms with Crippen LogP contribution in [0.1, 0.15) is 73.6 Å². The van der Waals surface area contributed by atoms with Gasteiger partial charge < -0.3 is 10.2 Å². The van der Waals surface area contributed by atoms with Crippen molar-refractivity contribution in [3.05, 3.63) is 11.3 Å². The van der Waals surface area contributed by atoms with Gasteiger partial charge in [-0.2, -0.15) is 0 Å². The van der Waals surface area contributed by atoms with Crippen LogP contribution in [0.3, 0.4) is 0 Å². The minimum atomic E-state index is -2.26. The molecule has 0 radical (unpaired) electrons. The molecule has 0 spiro atoms. The van der Waals surface area contributed by atoms with Crippen LogP contribution in [0.2, 0.25) is 0 Å². The molecule has 5 nitrogen and oxygen atoms in total. The van der Waals surface area contributed by atoms with E-state index < -0.39 is 34.6 Å². The van der Waals surface area contributed by atoms with Crippen LogP contribution in [0.4, 0.5) is 0 Å². The molecule has 1 unspecified atom stereocenters. The molecule has 0 saturated carbocycles. The summed E-state index contributed by atoms with van der Waals surface area (Å²) >= 11 is 0. The van der Waals surface area contributed by atoms with E-state index in [4.69, 9.17) is 0 Å². The topological polar surface area (TPSA) is 91.7 Å². The first-order valence-corrected chi connectivity index (χ1v) is 9.69. The molecule has 2 atom stereocenters. The Labute approximate surface area is 156 Å². The van der Waals surface area contributed by atoms with E-state index in [1.54, 1.807) is 0 Å². The highest BCUT2D eigenvalue weighted by molar-refractivity contribution is 6.25. The number of ketones is 3. The maximum absolute atomic E-state index is 12.9. The van der Waals surface area contributed by atoms with E-state index in [-0.39, 0.29) is 42.6 Å². The SMILES string of the molecule is CC(C)CCC(=O)C1(O)C(O)=C(C(=O)CC(C)C)C(=O)[C@H]1CCC(C)C. The number of aliphatic hydroxyl groups excluding tert-OH is 1. The van der Waals surface area contributed by atoms with Gasteiger partial charge in [0.1, 0.15) is 11.3 Å². The third-order valence-corrected chi connectivity index (χ3v) is 4.94. The number of aliphatic hydroxyl groups is 2. The number of carbonyl (C=O) groups excluding carboxylic acids is 3. The standard InChI is InChI=1S/C21H34O5/c1-12(2)7-9-15-19(24)18(16(22)11-14(5)6)20(25)21(15,26)17(23)10-8-13(3)4/h12-15,25-26H,7-11H2,1-6H3/t15-,21?/m1/s1. The Bertz CT molecular complexity index is 585. The van der Waals surface area contributed by atoms with E-state index in [1.165, 1.54) is 0 Å². The summed E-state index contributed by atoms with van der Waals surface area (Å²) in [5.74, 6) is -2.92. The van der Waals surface area contributed by atoms with Crippen LogP contribution in [0.25, 0.3) is 0 Å². The zero-order chi connectivity index (χ0) is 20.2. The van der Waals surface area contributed by atoms with Gasteiger partial charge in [0.25, 0.3) is 0 Å². The second-order valence-electron chi connectivity index (χ2n) is 8.75. The summed E-state index contributed by atoms with van der Waals surface area (Å²) in [5, 5.41) is 21.7. The van der Waals surface area contributed by atoms with Gasteiger partial charge in [-0.3, -0.25) is 14.4 Å². The molecule has 5 heteroatoms. The van der Waals surface area contributed by atoms with Crippen LogP contribution >= 0.6 is 0 Å². The highest BCUT2D eigenvalue weighted by Gasteiger charge is 2.58. The van der Waals surface area contributed by atoms with E-state index in [0.29, 0.717) is 12.8 Å². The number of allylic oxidation sites excluding steroid dienone is 1. The monoisotopic (exact) mass is 366 g/mol. The molecule has 1 aliphatic carbocycles. The average molecular weight is 366 g/mol. The molecule has 1 aliphatic rings. The highest BCUT2D eigenvalue weighted by Crippen LogP contribution is 2.42. The summed E-state index contributed by atoms with van der Waals surface area (Å²) in [6, 6.07) is 0. The van der Waals surface area contributed by atoms with Gasteiger partial charge in [0.2, 0.25) is 0 Å². The normalized spacial score (nSPS) is 23.6. The molecule has 148 valence electrons. The largest absolute Gasteiger partial charge is 0.508 e. The summed E-state index contributed by atoms with van der Waals surface area (Å²) in [7, 11) is 0. The summed E-state index contributed by atoms with van der Waals surface area (Å²) in [4.78, 5) is 38.1. The zero-order valence-corrected chi connectivity index (χ0v) is 17.0. The number of carbonyl (C=O) groups is 3. The molecule has 26 heavy (non-hydrogen) atoms. The molecule has 0 aromatic carbocycles. The van der Waals surface area contributed by atoms with Crippen molar-refractivity contribution in [3.63, 3.8) is 0 Å². The minimum Gasteiger partial charge on any atom is -0.508 e. The molecular formula is C21H34O5. The maximum Gasteiger partial charge on any atom is 0.190 e. The van der Waals surface area contributed by atoms with Gasteiger partial charge in [0.15, 0.2) is 23.0 Å². The van der Waals surface area contributed by atoms with Gasteiger partial charge in [-0.05, 0) is 30.6 Å². The van der Waals surface area contributed by atoms with Crippen LogP contribution in [-0.2, 0) is 14.4 Å². The molecule has 0 aliphatic heterocycles. The van der Waals surface area contributed by atoms with E-state index in [0.717, 1.165) is 0 Å². The Morgan fingerprint density at radius 3 is 2.00 bits per heavy atom. The lowest BCUT2D eigenvalue weighted by molar-refractivity contribution is -0.145. The Morgan fingerprint density at radius 2 is 1.54 bits per heavy atom. The fraction of sp³-hybridized carbons (Fsp3) is 0.762. The number of hydrogen-bond donors (Lipinski definition) is 2. The van der Waals surface area contributed by atoms with Crippen LogP contribution in [-0.4, -0.2) is 33.2 Å². The first-order valence-electron chi connectivity index (χ1n) is 9.69. The summed E-state index contributed by atoms with van der Waals surface area (Å²) in [5.41, 5.74) is -2.63. The van der Waals surface area contributed by atoms with E-state index in [1.807, 2.05) is 41.5 Å². The predicted molar refractivity (Wildman–Crippen MR) is 101 cm³/mol. The van der Waals surface area contributed by atoms with Gasteiger partial charge in [-0.1, -0.05) is 48.0 Å². The molecule has 0 aromatic heterocycles. The number of hydrogen-bond acceptors (Lipinski definition) is 5. The Hall–Kier alpha value is -1.49. The lowest BCUT2D eigenvalue weighted by atomic mass is 9.79. The van der Waals surface area contributed by atoms with E-state index in [2.05, 4.69) is 0 Å². The molecular weight excluding hydrogens is 332 g/mol. The molecule has 2 N–H and O–H groups in total. The second kappa shape index (κ2) is 8.94. The number of Topliss-reactive ketones (excluding diaryl/α,β-unsaturated/α-hetero) is 3. The average Bonchev–Trinajstić information content (AvgIpc) is 2.69. The molecule has 0 fully saturated rings. The molecule has 0 amide bonds. The van der Waals surface area contributed by atoms with Crippen LogP contribution < -0.4 is 0 Å². The highest BCUT2D eigenvalue weighted by atomic mass is 16.3. The first kappa shape index (κ1) is 22.6. The Morgan fingerprint density at radius 1 is 1.00 bits per heavy atom. The summed E-state index contributed by atoms with van der Waals surface area (Å²) < 4.78 is 0. The predicted octanol–water partition coefficient (Wildman–Crippen LogP) is 3.79. The van der Waals surface area contributed by atoms with E-state index >= 15 is 0 Å². The summed E-state index contributed by atoms with van der Waals surface area (Å²) in [6.45, 7) is 11.6. The lowest BCUT2D eigenvalue weighted by Crippen LogP contribution is -2.47. The maximum atomic E-state index is 12.9. The van der Waals surface area contributed by atoms with Gasteiger partial charge in [0, 0.05) is 12.8 Å². The van der Waals surface area contributed by atoms with Crippen molar-refractivity contribution in [1.29, 1.82) is 0 Å². The first-order chi connectivity index (χ1) is 11.9. The Kier molecular flexibility index (Phi) is 7.75. The zero-order valence-electron chi connectivity index (χ0n) is 17.0. The van der Waals surface area contributed by atoms with Crippen LogP contribution in [0.5, 0.6) is 0 Å². The summed E-state index contributed by atoms with van der Waals surface area (Å²) in [6.07, 6.45) is 1.60. The second-order valence-corrected chi connectivity index (χ2v) is 8.75. The quantitative estimate of drug-likeness (QED) is 0.574. The van der Waals surface area contributed by atoms with Crippen molar-refractivity contribution in [2.75, 3.05) is 0 Å². The molecule has 1 rings (SSSR count). The fourth-order valence-electron chi connectivity index (χ4n) is 3.36. The smallest absolute Gasteiger partial charge is 0.190 e. The third-order valence-electron chi connectivity index (χ3n) is 4.94. The fourth-order valence-corrected chi connectivity index (χ4v) is 3.36.